The molecule has 1 aliphatic heterocycles. The van der Waals surface area contributed by atoms with Gasteiger partial charge >= 0.3 is 6.61 Å². The average molecular weight is 377 g/mol. The van der Waals surface area contributed by atoms with Crippen molar-refractivity contribution in [1.29, 1.82) is 0 Å². The third-order valence-electron chi connectivity index (χ3n) is 4.67. The van der Waals surface area contributed by atoms with Gasteiger partial charge in [-0.2, -0.15) is 13.9 Å². The van der Waals surface area contributed by atoms with Crippen LogP contribution in [0.2, 0.25) is 0 Å². The number of halogens is 2. The van der Waals surface area contributed by atoms with E-state index >= 15 is 0 Å². The number of alkyl halides is 2. The minimum atomic E-state index is -2.91. The van der Waals surface area contributed by atoms with Gasteiger partial charge < -0.3 is 19.5 Å². The van der Waals surface area contributed by atoms with Crippen LogP contribution < -0.4 is 10.1 Å². The van der Waals surface area contributed by atoms with Crippen LogP contribution in [0.25, 0.3) is 11.2 Å². The van der Waals surface area contributed by atoms with Gasteiger partial charge in [0.15, 0.2) is 17.3 Å². The number of hydrogen-bond donors (Lipinski definition) is 2. The van der Waals surface area contributed by atoms with Crippen LogP contribution >= 0.6 is 0 Å². The number of ether oxygens (including phenoxy) is 1. The maximum Gasteiger partial charge on any atom is 0.388 e. The molecule has 1 atom stereocenters. The van der Waals surface area contributed by atoms with Gasteiger partial charge in [0.05, 0.1) is 6.20 Å². The van der Waals surface area contributed by atoms with Crippen LogP contribution in [0.4, 0.5) is 20.4 Å². The van der Waals surface area contributed by atoms with Crippen molar-refractivity contribution in [1.82, 2.24) is 29.6 Å². The molecule has 1 saturated heterocycles. The molecular formula is C17H21F2N7O. The largest absolute Gasteiger partial charge is 0.417 e. The van der Waals surface area contributed by atoms with Crippen molar-refractivity contribution in [3.8, 4) is 5.88 Å². The van der Waals surface area contributed by atoms with Crippen molar-refractivity contribution in [3.63, 3.8) is 0 Å². The zero-order chi connectivity index (χ0) is 18.8. The van der Waals surface area contributed by atoms with E-state index in [9.17, 15) is 8.78 Å². The maximum absolute atomic E-state index is 12.2. The molecular weight excluding hydrogens is 356 g/mol. The lowest BCUT2D eigenvalue weighted by atomic mass is 9.98. The van der Waals surface area contributed by atoms with Crippen LogP contribution in [-0.2, 0) is 6.54 Å². The Balaban J connectivity index is 1.50. The molecule has 0 radical (unpaired) electrons. The first-order valence-electron chi connectivity index (χ1n) is 8.84. The number of nitrogens with zero attached hydrogens (tertiary/aromatic N) is 5. The Labute approximate surface area is 154 Å². The second-order valence-electron chi connectivity index (χ2n) is 6.82. The molecule has 0 unspecified atom stereocenters. The third kappa shape index (κ3) is 4.16. The van der Waals surface area contributed by atoms with E-state index in [1.807, 2.05) is 12.3 Å². The molecule has 0 saturated carbocycles. The van der Waals surface area contributed by atoms with E-state index in [2.05, 4.69) is 46.7 Å². The van der Waals surface area contributed by atoms with Gasteiger partial charge in [0, 0.05) is 25.4 Å². The molecule has 1 fully saturated rings. The molecule has 1 aliphatic rings. The predicted octanol–water partition coefficient (Wildman–Crippen LogP) is 2.84. The van der Waals surface area contributed by atoms with Crippen LogP contribution in [0, 0.1) is 5.92 Å². The number of rotatable bonds is 6. The van der Waals surface area contributed by atoms with Gasteiger partial charge in [-0.3, -0.25) is 0 Å². The molecule has 0 spiro atoms. The SMILES string of the molecule is CN1CCC[C@@H](Cn2ccc3ncc(Nc4cc(OC(F)F)[nH]n4)nc32)C1. The number of H-pyrrole nitrogens is 1. The minimum Gasteiger partial charge on any atom is -0.417 e. The summed E-state index contributed by atoms with van der Waals surface area (Å²) in [4.78, 5) is 11.4. The number of fused-ring (bicyclic) bond motifs is 1. The van der Waals surface area contributed by atoms with Gasteiger partial charge in [0.2, 0.25) is 5.88 Å². The van der Waals surface area contributed by atoms with Crippen molar-refractivity contribution in [2.45, 2.75) is 26.0 Å². The molecule has 0 aliphatic carbocycles. The lowest BCUT2D eigenvalue weighted by molar-refractivity contribution is -0.0528. The molecule has 2 N–H and O–H groups in total. The summed E-state index contributed by atoms with van der Waals surface area (Å²) in [7, 11) is 2.15. The monoisotopic (exact) mass is 377 g/mol. The molecule has 3 aromatic rings. The van der Waals surface area contributed by atoms with E-state index in [1.54, 1.807) is 6.20 Å². The number of likely N-dealkylation sites (tertiary alicyclic amines) is 1. The number of hydrogen-bond acceptors (Lipinski definition) is 6. The van der Waals surface area contributed by atoms with Gasteiger partial charge in [-0.25, -0.2) is 15.1 Å². The smallest absolute Gasteiger partial charge is 0.388 e. The van der Waals surface area contributed by atoms with Gasteiger partial charge in [-0.05, 0) is 38.4 Å². The van der Waals surface area contributed by atoms with Crippen LogP contribution in [-0.4, -0.2) is 56.4 Å². The Hall–Kier alpha value is -2.75. The number of anilines is 2. The Bertz CT molecular complexity index is 910. The van der Waals surface area contributed by atoms with Crippen LogP contribution in [0.15, 0.2) is 24.5 Å². The second-order valence-corrected chi connectivity index (χ2v) is 6.82. The lowest BCUT2D eigenvalue weighted by Crippen LogP contribution is -2.34. The van der Waals surface area contributed by atoms with Gasteiger partial charge in [0.25, 0.3) is 0 Å². The number of aromatic nitrogens is 5. The van der Waals surface area contributed by atoms with Crippen molar-refractivity contribution in [2.75, 3.05) is 25.5 Å². The summed E-state index contributed by atoms with van der Waals surface area (Å²) in [6.45, 7) is 0.209. The third-order valence-corrected chi connectivity index (χ3v) is 4.67. The predicted molar refractivity (Wildman–Crippen MR) is 96.3 cm³/mol. The van der Waals surface area contributed by atoms with Crippen LogP contribution in [0.1, 0.15) is 12.8 Å². The zero-order valence-corrected chi connectivity index (χ0v) is 14.9. The lowest BCUT2D eigenvalue weighted by Gasteiger charge is -2.29. The highest BCUT2D eigenvalue weighted by molar-refractivity contribution is 5.73. The molecule has 4 heterocycles. The van der Waals surface area contributed by atoms with E-state index in [0.29, 0.717) is 17.6 Å². The van der Waals surface area contributed by atoms with E-state index in [-0.39, 0.29) is 5.88 Å². The van der Waals surface area contributed by atoms with E-state index < -0.39 is 6.61 Å². The van der Waals surface area contributed by atoms with Crippen molar-refractivity contribution in [2.24, 2.45) is 5.92 Å². The number of aromatic amines is 1. The molecule has 0 aromatic carbocycles. The Kier molecular flexibility index (Phi) is 4.88. The molecule has 3 aromatic heterocycles. The van der Waals surface area contributed by atoms with Crippen molar-refractivity contribution in [3.05, 3.63) is 24.5 Å². The van der Waals surface area contributed by atoms with Gasteiger partial charge in [0.1, 0.15) is 5.52 Å². The highest BCUT2D eigenvalue weighted by Gasteiger charge is 2.19. The molecule has 10 heteroatoms. The molecule has 4 rings (SSSR count). The van der Waals surface area contributed by atoms with Crippen molar-refractivity contribution < 1.29 is 13.5 Å². The highest BCUT2D eigenvalue weighted by atomic mass is 19.3. The summed E-state index contributed by atoms with van der Waals surface area (Å²) in [5, 5.41) is 9.22. The van der Waals surface area contributed by atoms with Crippen LogP contribution in [0.5, 0.6) is 5.88 Å². The molecule has 144 valence electrons. The molecule has 8 nitrogen and oxygen atoms in total. The highest BCUT2D eigenvalue weighted by Crippen LogP contribution is 2.22. The van der Waals surface area contributed by atoms with Gasteiger partial charge in [-0.15, -0.1) is 0 Å². The van der Waals surface area contributed by atoms with Crippen LogP contribution in [0.3, 0.4) is 0 Å². The topological polar surface area (TPSA) is 83.9 Å². The number of piperidine rings is 1. The Morgan fingerprint density at radius 3 is 3.11 bits per heavy atom. The summed E-state index contributed by atoms with van der Waals surface area (Å²) in [6.07, 6.45) is 6.01. The minimum absolute atomic E-state index is 0.119. The standard InChI is InChI=1S/C17H21F2N7O/c1-25-5-2-3-11(9-25)10-26-6-4-12-16(26)22-14(8-20-12)21-13-7-15(24-23-13)27-17(18)19/h4,6-8,11,17H,2-3,5,9-10H2,1H3,(H2,21,22,23,24)/t11-/m1/s1. The van der Waals surface area contributed by atoms with Crippen molar-refractivity contribution >= 4 is 22.8 Å². The summed E-state index contributed by atoms with van der Waals surface area (Å²) >= 11 is 0. The summed E-state index contributed by atoms with van der Waals surface area (Å²) in [5.41, 5.74) is 1.60. The Morgan fingerprint density at radius 1 is 1.41 bits per heavy atom. The molecule has 0 bridgehead atoms. The zero-order valence-electron chi connectivity index (χ0n) is 14.9. The quantitative estimate of drug-likeness (QED) is 0.687. The van der Waals surface area contributed by atoms with Gasteiger partial charge in [-0.1, -0.05) is 0 Å². The normalized spacial score (nSPS) is 18.3. The average Bonchev–Trinajstić information content (AvgIpc) is 3.22. The fourth-order valence-electron chi connectivity index (χ4n) is 3.51. The first-order chi connectivity index (χ1) is 13.1. The number of nitrogens with one attached hydrogen (secondary N) is 2. The molecule has 0 amide bonds. The fraction of sp³-hybridized carbons (Fsp3) is 0.471. The molecule has 27 heavy (non-hydrogen) atoms. The van der Waals surface area contributed by atoms with E-state index in [4.69, 9.17) is 0 Å². The van der Waals surface area contributed by atoms with E-state index in [0.717, 1.165) is 30.8 Å². The summed E-state index contributed by atoms with van der Waals surface area (Å²) < 4.78 is 30.9. The fourth-order valence-corrected chi connectivity index (χ4v) is 3.51. The summed E-state index contributed by atoms with van der Waals surface area (Å²) in [6, 6.07) is 3.29. The summed E-state index contributed by atoms with van der Waals surface area (Å²) in [5.74, 6) is 1.27. The maximum atomic E-state index is 12.2. The first kappa shape index (κ1) is 17.7. The first-order valence-corrected chi connectivity index (χ1v) is 8.84. The van der Waals surface area contributed by atoms with E-state index in [1.165, 1.54) is 18.9 Å². The second kappa shape index (κ2) is 7.47. The Morgan fingerprint density at radius 2 is 2.30 bits per heavy atom.